The van der Waals surface area contributed by atoms with Crippen LogP contribution in [0.1, 0.15) is 10.5 Å². The molecule has 0 saturated heterocycles. The van der Waals surface area contributed by atoms with Gasteiger partial charge >= 0.3 is 0 Å². The Labute approximate surface area is 109 Å². The van der Waals surface area contributed by atoms with Crippen molar-refractivity contribution in [2.75, 3.05) is 14.1 Å². The molecule has 0 fully saturated rings. The van der Waals surface area contributed by atoms with Crippen LogP contribution in [0, 0.1) is 0 Å². The summed E-state index contributed by atoms with van der Waals surface area (Å²) in [4.78, 5) is 17.5. The number of pyridine rings is 1. The Bertz CT molecular complexity index is 596. The topological polar surface area (TPSA) is 33.2 Å². The van der Waals surface area contributed by atoms with Gasteiger partial charge in [0.15, 0.2) is 0 Å². The smallest absolute Gasteiger partial charge is 0.272 e. The monoisotopic (exact) mass is 268 g/mol. The van der Waals surface area contributed by atoms with Crippen molar-refractivity contribution >= 4 is 39.9 Å². The summed E-state index contributed by atoms with van der Waals surface area (Å²) in [6.07, 6.45) is 1.56. The van der Waals surface area contributed by atoms with Gasteiger partial charge in [-0.1, -0.05) is 29.3 Å². The maximum Gasteiger partial charge on any atom is 0.272 e. The van der Waals surface area contributed by atoms with Crippen LogP contribution in [0.3, 0.4) is 0 Å². The first-order valence-electron chi connectivity index (χ1n) is 4.96. The Hall–Kier alpha value is -1.32. The molecular weight excluding hydrogens is 259 g/mol. The van der Waals surface area contributed by atoms with Gasteiger partial charge in [0.05, 0.1) is 10.0 Å². The molecule has 0 atom stereocenters. The molecule has 1 heterocycles. The highest BCUT2D eigenvalue weighted by atomic mass is 35.5. The molecule has 3 nitrogen and oxygen atoms in total. The molecule has 2 aromatic rings. The van der Waals surface area contributed by atoms with E-state index >= 15 is 0 Å². The highest BCUT2D eigenvalue weighted by Crippen LogP contribution is 2.31. The number of benzene rings is 1. The first-order valence-corrected chi connectivity index (χ1v) is 5.72. The highest BCUT2D eigenvalue weighted by Gasteiger charge is 2.15. The van der Waals surface area contributed by atoms with Crippen molar-refractivity contribution in [3.8, 4) is 0 Å². The fraction of sp³-hybridized carbons (Fsp3) is 0.167. The van der Waals surface area contributed by atoms with E-state index in [-0.39, 0.29) is 5.91 Å². The van der Waals surface area contributed by atoms with Gasteiger partial charge in [0.25, 0.3) is 5.91 Å². The van der Waals surface area contributed by atoms with Gasteiger partial charge in [-0.25, -0.2) is 0 Å². The molecule has 0 aliphatic carbocycles. The third kappa shape index (κ3) is 2.08. The highest BCUT2D eigenvalue weighted by molar-refractivity contribution is 6.45. The predicted octanol–water partition coefficient (Wildman–Crippen LogP) is 3.24. The van der Waals surface area contributed by atoms with Gasteiger partial charge in [-0.15, -0.1) is 0 Å². The fourth-order valence-corrected chi connectivity index (χ4v) is 1.97. The molecule has 1 amide bonds. The summed E-state index contributed by atoms with van der Waals surface area (Å²) in [6, 6.07) is 5.17. The molecule has 1 aromatic heterocycles. The van der Waals surface area contributed by atoms with Crippen molar-refractivity contribution in [1.29, 1.82) is 0 Å². The Morgan fingerprint density at radius 3 is 2.53 bits per heavy atom. The Morgan fingerprint density at radius 2 is 1.88 bits per heavy atom. The van der Waals surface area contributed by atoms with E-state index in [1.165, 1.54) is 4.90 Å². The van der Waals surface area contributed by atoms with Crippen LogP contribution in [0.5, 0.6) is 0 Å². The second-order valence-corrected chi connectivity index (χ2v) is 4.60. The van der Waals surface area contributed by atoms with E-state index in [0.717, 1.165) is 5.39 Å². The van der Waals surface area contributed by atoms with Gasteiger partial charge in [0.1, 0.15) is 5.69 Å². The van der Waals surface area contributed by atoms with E-state index in [1.54, 1.807) is 38.5 Å². The van der Waals surface area contributed by atoms with Crippen LogP contribution in [-0.2, 0) is 0 Å². The summed E-state index contributed by atoms with van der Waals surface area (Å²) in [5.41, 5.74) is 0.381. The fourth-order valence-electron chi connectivity index (χ4n) is 1.57. The van der Waals surface area contributed by atoms with Crippen LogP contribution in [0.25, 0.3) is 10.8 Å². The minimum atomic E-state index is -0.158. The van der Waals surface area contributed by atoms with E-state index in [1.807, 2.05) is 0 Å². The Morgan fingerprint density at radius 1 is 1.18 bits per heavy atom. The molecule has 0 N–H and O–H groups in total. The van der Waals surface area contributed by atoms with E-state index in [4.69, 9.17) is 23.2 Å². The zero-order valence-electron chi connectivity index (χ0n) is 9.37. The van der Waals surface area contributed by atoms with Crippen molar-refractivity contribution < 1.29 is 4.79 Å². The summed E-state index contributed by atoms with van der Waals surface area (Å²) in [5, 5.41) is 2.35. The number of hydrogen-bond donors (Lipinski definition) is 0. The second-order valence-electron chi connectivity index (χ2n) is 3.82. The predicted molar refractivity (Wildman–Crippen MR) is 69.8 cm³/mol. The molecule has 0 unspecified atom stereocenters. The normalized spacial score (nSPS) is 10.6. The SMILES string of the molecule is CN(C)C(=O)c1nccc2c(Cl)c(Cl)ccc12. The molecule has 5 heteroatoms. The molecule has 17 heavy (non-hydrogen) atoms. The number of fused-ring (bicyclic) bond motifs is 1. The third-order valence-corrected chi connectivity index (χ3v) is 3.26. The van der Waals surface area contributed by atoms with Gasteiger partial charge in [0, 0.05) is 31.1 Å². The first-order chi connectivity index (χ1) is 8.02. The molecule has 0 saturated carbocycles. The lowest BCUT2D eigenvalue weighted by Crippen LogP contribution is -2.23. The summed E-state index contributed by atoms with van der Waals surface area (Å²) in [5.74, 6) is -0.158. The minimum absolute atomic E-state index is 0.158. The van der Waals surface area contributed by atoms with E-state index in [2.05, 4.69) is 4.98 Å². The molecule has 0 bridgehead atoms. The molecule has 0 aliphatic rings. The summed E-state index contributed by atoms with van der Waals surface area (Å²) in [6.45, 7) is 0. The number of carbonyl (C=O) groups excluding carboxylic acids is 1. The molecule has 0 spiro atoms. The molecule has 88 valence electrons. The zero-order chi connectivity index (χ0) is 12.6. The van der Waals surface area contributed by atoms with E-state index in [0.29, 0.717) is 21.1 Å². The van der Waals surface area contributed by atoms with Crippen LogP contribution in [0.2, 0.25) is 10.0 Å². The average Bonchev–Trinajstić information content (AvgIpc) is 2.32. The molecule has 1 aromatic carbocycles. The lowest BCUT2D eigenvalue weighted by molar-refractivity contribution is 0.0824. The average molecular weight is 269 g/mol. The number of amides is 1. The first kappa shape index (κ1) is 12.1. The molecular formula is C12H10Cl2N2O. The minimum Gasteiger partial charge on any atom is -0.343 e. The van der Waals surface area contributed by atoms with Gasteiger partial charge < -0.3 is 4.90 Å². The van der Waals surface area contributed by atoms with Gasteiger partial charge in [-0.2, -0.15) is 0 Å². The van der Waals surface area contributed by atoms with Crippen molar-refractivity contribution in [1.82, 2.24) is 9.88 Å². The maximum atomic E-state index is 11.9. The van der Waals surface area contributed by atoms with Crippen LogP contribution in [0.4, 0.5) is 0 Å². The van der Waals surface area contributed by atoms with Crippen molar-refractivity contribution in [2.24, 2.45) is 0 Å². The van der Waals surface area contributed by atoms with Crippen LogP contribution in [0.15, 0.2) is 24.4 Å². The van der Waals surface area contributed by atoms with Crippen molar-refractivity contribution in [3.05, 3.63) is 40.1 Å². The lowest BCUT2D eigenvalue weighted by Gasteiger charge is -2.12. The number of carbonyl (C=O) groups is 1. The zero-order valence-corrected chi connectivity index (χ0v) is 10.9. The summed E-state index contributed by atoms with van der Waals surface area (Å²) < 4.78 is 0. The van der Waals surface area contributed by atoms with Gasteiger partial charge in [-0.3, -0.25) is 9.78 Å². The van der Waals surface area contributed by atoms with Crippen LogP contribution in [-0.4, -0.2) is 29.9 Å². The third-order valence-electron chi connectivity index (χ3n) is 2.44. The van der Waals surface area contributed by atoms with Crippen LogP contribution < -0.4 is 0 Å². The van der Waals surface area contributed by atoms with E-state index < -0.39 is 0 Å². The summed E-state index contributed by atoms with van der Waals surface area (Å²) in [7, 11) is 3.36. The lowest BCUT2D eigenvalue weighted by atomic mass is 10.1. The van der Waals surface area contributed by atoms with Crippen molar-refractivity contribution in [3.63, 3.8) is 0 Å². The second kappa shape index (κ2) is 4.51. The Kier molecular flexibility index (Phi) is 3.22. The Balaban J connectivity index is 2.75. The number of aromatic nitrogens is 1. The van der Waals surface area contributed by atoms with E-state index in [9.17, 15) is 4.79 Å². The van der Waals surface area contributed by atoms with Crippen molar-refractivity contribution in [2.45, 2.75) is 0 Å². The molecule has 0 radical (unpaired) electrons. The molecule has 2 rings (SSSR count). The standard InChI is InChI=1S/C12H10Cl2N2O/c1-16(2)12(17)11-8-3-4-9(13)10(14)7(8)5-6-15-11/h3-6H,1-2H3. The summed E-state index contributed by atoms with van der Waals surface area (Å²) >= 11 is 12.0. The number of nitrogens with zero attached hydrogens (tertiary/aromatic N) is 2. The maximum absolute atomic E-state index is 11.9. The molecule has 0 aliphatic heterocycles. The number of hydrogen-bond acceptors (Lipinski definition) is 2. The quantitative estimate of drug-likeness (QED) is 0.796. The number of rotatable bonds is 1. The number of halogens is 2. The van der Waals surface area contributed by atoms with Crippen LogP contribution >= 0.6 is 23.2 Å². The van der Waals surface area contributed by atoms with Gasteiger partial charge in [-0.05, 0) is 12.1 Å². The van der Waals surface area contributed by atoms with Gasteiger partial charge in [0.2, 0.25) is 0 Å². The largest absolute Gasteiger partial charge is 0.343 e.